The van der Waals surface area contributed by atoms with Gasteiger partial charge in [-0.1, -0.05) is 6.42 Å². The molecule has 1 aliphatic heterocycles. The van der Waals surface area contributed by atoms with Crippen LogP contribution in [0.5, 0.6) is 0 Å². The van der Waals surface area contributed by atoms with Crippen LogP contribution in [0.2, 0.25) is 0 Å². The number of amides is 1. The number of rotatable bonds is 2. The van der Waals surface area contributed by atoms with Gasteiger partial charge in [0.05, 0.1) is 11.3 Å². The Bertz CT molecular complexity index is 514. The second-order valence-electron chi connectivity index (χ2n) is 6.02. The Morgan fingerprint density at radius 3 is 2.95 bits per heavy atom. The Morgan fingerprint density at radius 2 is 2.15 bits per heavy atom. The largest absolute Gasteiger partial charge is 0.387 e. The van der Waals surface area contributed by atoms with Crippen molar-refractivity contribution in [2.24, 2.45) is 5.92 Å². The van der Waals surface area contributed by atoms with E-state index in [1.54, 1.807) is 6.20 Å². The molecule has 4 nitrogen and oxygen atoms in total. The first-order chi connectivity index (χ1) is 9.70. The number of carbonyl (C=O) groups is 1. The highest BCUT2D eigenvalue weighted by molar-refractivity contribution is 5.99. The molecule has 2 fully saturated rings. The van der Waals surface area contributed by atoms with Gasteiger partial charge < -0.3 is 10.2 Å². The van der Waals surface area contributed by atoms with Crippen LogP contribution in [0, 0.1) is 12.8 Å². The van der Waals surface area contributed by atoms with E-state index in [2.05, 4.69) is 15.2 Å². The zero-order valence-corrected chi connectivity index (χ0v) is 12.4. The van der Waals surface area contributed by atoms with Gasteiger partial charge in [0.15, 0.2) is 0 Å². The zero-order valence-electron chi connectivity index (χ0n) is 12.4. The fourth-order valence-corrected chi connectivity index (χ4v) is 3.80. The Hall–Kier alpha value is -1.58. The second-order valence-corrected chi connectivity index (χ2v) is 6.02. The van der Waals surface area contributed by atoms with Gasteiger partial charge in [-0.3, -0.25) is 9.78 Å². The number of nitrogens with zero attached hydrogens (tertiary/aromatic N) is 2. The second kappa shape index (κ2) is 5.43. The van der Waals surface area contributed by atoms with Crippen molar-refractivity contribution in [2.45, 2.75) is 45.1 Å². The normalized spacial score (nSPS) is 25.4. The maximum atomic E-state index is 12.9. The van der Waals surface area contributed by atoms with Crippen LogP contribution in [0.25, 0.3) is 0 Å². The Kier molecular flexibility index (Phi) is 3.64. The van der Waals surface area contributed by atoms with E-state index in [-0.39, 0.29) is 5.91 Å². The van der Waals surface area contributed by atoms with E-state index >= 15 is 0 Å². The topological polar surface area (TPSA) is 45.2 Å². The lowest BCUT2D eigenvalue weighted by Crippen LogP contribution is -2.46. The minimum atomic E-state index is 0.151. The molecule has 0 radical (unpaired) electrons. The molecule has 2 unspecified atom stereocenters. The number of carbonyl (C=O) groups excluding carboxylic acids is 1. The van der Waals surface area contributed by atoms with Gasteiger partial charge in [-0.05, 0) is 44.6 Å². The molecule has 4 heteroatoms. The zero-order chi connectivity index (χ0) is 14.1. The summed E-state index contributed by atoms with van der Waals surface area (Å²) >= 11 is 0. The molecule has 1 aromatic heterocycles. The van der Waals surface area contributed by atoms with Crippen LogP contribution in [0.4, 0.5) is 5.69 Å². The smallest absolute Gasteiger partial charge is 0.257 e. The molecular weight excluding hydrogens is 250 g/mol. The lowest BCUT2D eigenvalue weighted by atomic mass is 9.91. The van der Waals surface area contributed by atoms with Crippen molar-refractivity contribution >= 4 is 11.6 Å². The van der Waals surface area contributed by atoms with E-state index in [1.807, 2.05) is 20.0 Å². The minimum Gasteiger partial charge on any atom is -0.387 e. The molecule has 2 heterocycles. The third kappa shape index (κ3) is 2.28. The highest BCUT2D eigenvalue weighted by Crippen LogP contribution is 2.37. The van der Waals surface area contributed by atoms with Crippen molar-refractivity contribution in [1.82, 2.24) is 9.88 Å². The van der Waals surface area contributed by atoms with E-state index in [1.165, 1.54) is 25.7 Å². The summed E-state index contributed by atoms with van der Waals surface area (Å²) in [5, 5.41) is 3.13. The molecule has 1 saturated carbocycles. The van der Waals surface area contributed by atoms with Crippen LogP contribution in [-0.2, 0) is 0 Å². The van der Waals surface area contributed by atoms with Gasteiger partial charge in [-0.25, -0.2) is 0 Å². The highest BCUT2D eigenvalue weighted by Gasteiger charge is 2.38. The van der Waals surface area contributed by atoms with E-state index in [0.717, 1.165) is 30.3 Å². The number of aromatic nitrogens is 1. The molecule has 1 saturated heterocycles. The van der Waals surface area contributed by atoms with Crippen molar-refractivity contribution in [1.29, 1.82) is 0 Å². The third-order valence-electron chi connectivity index (χ3n) is 4.79. The third-order valence-corrected chi connectivity index (χ3v) is 4.79. The maximum Gasteiger partial charge on any atom is 0.257 e. The lowest BCUT2D eigenvalue weighted by molar-refractivity contribution is 0.0549. The summed E-state index contributed by atoms with van der Waals surface area (Å²) in [6, 6.07) is 2.41. The Labute approximate surface area is 120 Å². The molecule has 1 amide bonds. The molecular formula is C16H23N3O. The molecule has 0 bridgehead atoms. The van der Waals surface area contributed by atoms with Crippen molar-refractivity contribution < 1.29 is 4.79 Å². The molecule has 108 valence electrons. The molecule has 2 atom stereocenters. The Morgan fingerprint density at radius 1 is 1.35 bits per heavy atom. The Balaban J connectivity index is 1.88. The summed E-state index contributed by atoms with van der Waals surface area (Å²) in [7, 11) is 1.86. The fourth-order valence-electron chi connectivity index (χ4n) is 3.80. The van der Waals surface area contributed by atoms with Crippen molar-refractivity contribution in [3.05, 3.63) is 23.5 Å². The minimum absolute atomic E-state index is 0.151. The average molecular weight is 273 g/mol. The van der Waals surface area contributed by atoms with Gasteiger partial charge in [0, 0.05) is 31.5 Å². The number of nitrogens with one attached hydrogen (secondary N) is 1. The monoisotopic (exact) mass is 273 g/mol. The van der Waals surface area contributed by atoms with Gasteiger partial charge >= 0.3 is 0 Å². The summed E-state index contributed by atoms with van der Waals surface area (Å²) in [4.78, 5) is 19.3. The van der Waals surface area contributed by atoms with Gasteiger partial charge in [0.1, 0.15) is 0 Å². The molecule has 1 aliphatic carbocycles. The summed E-state index contributed by atoms with van der Waals surface area (Å²) < 4.78 is 0. The van der Waals surface area contributed by atoms with Crippen LogP contribution in [-0.4, -0.2) is 35.4 Å². The first-order valence-corrected chi connectivity index (χ1v) is 7.66. The fraction of sp³-hybridized carbons (Fsp3) is 0.625. The first kappa shape index (κ1) is 13.4. The number of anilines is 1. The summed E-state index contributed by atoms with van der Waals surface area (Å²) in [6.45, 7) is 2.85. The van der Waals surface area contributed by atoms with Gasteiger partial charge in [0.25, 0.3) is 5.91 Å². The predicted octanol–water partition coefficient (Wildman–Crippen LogP) is 2.84. The first-order valence-electron chi connectivity index (χ1n) is 7.66. The quantitative estimate of drug-likeness (QED) is 0.901. The standard InChI is InChI=1S/C16H23N3O/c1-11-9-14(17-2)13(10-18-11)16(20)19-8-4-6-12-5-3-7-15(12)19/h9-10,12,15H,3-8H2,1-2H3,(H,17,18). The van der Waals surface area contributed by atoms with Crippen LogP contribution in [0.3, 0.4) is 0 Å². The van der Waals surface area contributed by atoms with Crippen LogP contribution < -0.4 is 5.32 Å². The number of pyridine rings is 1. The highest BCUT2D eigenvalue weighted by atomic mass is 16.2. The summed E-state index contributed by atoms with van der Waals surface area (Å²) in [6.07, 6.45) is 7.89. The lowest BCUT2D eigenvalue weighted by Gasteiger charge is -2.38. The van der Waals surface area contributed by atoms with Gasteiger partial charge in [-0.2, -0.15) is 0 Å². The number of hydrogen-bond acceptors (Lipinski definition) is 3. The van der Waals surface area contributed by atoms with Crippen molar-refractivity contribution in [3.63, 3.8) is 0 Å². The van der Waals surface area contributed by atoms with Crippen LogP contribution >= 0.6 is 0 Å². The average Bonchev–Trinajstić information content (AvgIpc) is 2.94. The van der Waals surface area contributed by atoms with Crippen molar-refractivity contribution in [2.75, 3.05) is 18.9 Å². The predicted molar refractivity (Wildman–Crippen MR) is 79.9 cm³/mol. The number of likely N-dealkylation sites (tertiary alicyclic amines) is 1. The van der Waals surface area contributed by atoms with Gasteiger partial charge in [-0.15, -0.1) is 0 Å². The van der Waals surface area contributed by atoms with Crippen LogP contribution in [0.15, 0.2) is 12.3 Å². The number of hydrogen-bond donors (Lipinski definition) is 1. The van der Waals surface area contributed by atoms with Gasteiger partial charge in [0.2, 0.25) is 0 Å². The molecule has 1 aromatic rings. The molecule has 1 N–H and O–H groups in total. The van der Waals surface area contributed by atoms with E-state index in [0.29, 0.717) is 11.6 Å². The SMILES string of the molecule is CNc1cc(C)ncc1C(=O)N1CCCC2CCCC21. The molecule has 20 heavy (non-hydrogen) atoms. The van der Waals surface area contributed by atoms with Crippen LogP contribution in [0.1, 0.15) is 48.2 Å². The molecule has 3 rings (SSSR count). The van der Waals surface area contributed by atoms with Crippen molar-refractivity contribution in [3.8, 4) is 0 Å². The maximum absolute atomic E-state index is 12.9. The number of fused-ring (bicyclic) bond motifs is 1. The number of piperidine rings is 1. The molecule has 0 spiro atoms. The molecule has 2 aliphatic rings. The summed E-state index contributed by atoms with van der Waals surface area (Å²) in [5.74, 6) is 0.877. The van der Waals surface area contributed by atoms with E-state index in [4.69, 9.17) is 0 Å². The summed E-state index contributed by atoms with van der Waals surface area (Å²) in [5.41, 5.74) is 2.54. The number of aryl methyl sites for hydroxylation is 1. The van der Waals surface area contributed by atoms with E-state index < -0.39 is 0 Å². The van der Waals surface area contributed by atoms with E-state index in [9.17, 15) is 4.79 Å². The molecule has 0 aromatic carbocycles.